The van der Waals surface area contributed by atoms with Crippen LogP contribution in [-0.2, 0) is 4.79 Å². The fourth-order valence-corrected chi connectivity index (χ4v) is 2.42. The molecule has 1 aliphatic carbocycles. The topological polar surface area (TPSA) is 29.1 Å². The summed E-state index contributed by atoms with van der Waals surface area (Å²) in [5, 5.41) is 3.02. The first-order valence-corrected chi connectivity index (χ1v) is 6.43. The van der Waals surface area contributed by atoms with Crippen LogP contribution in [0.25, 0.3) is 0 Å². The number of hydrogen-bond acceptors (Lipinski definition) is 1. The van der Waals surface area contributed by atoms with Crippen molar-refractivity contribution in [3.05, 3.63) is 0 Å². The van der Waals surface area contributed by atoms with Gasteiger partial charge in [0.15, 0.2) is 0 Å². The molecule has 0 bridgehead atoms. The second-order valence-electron chi connectivity index (χ2n) is 6.89. The summed E-state index contributed by atoms with van der Waals surface area (Å²) < 4.78 is 0. The average molecular weight is 246 g/mol. The summed E-state index contributed by atoms with van der Waals surface area (Å²) in [7, 11) is 0. The van der Waals surface area contributed by atoms with Crippen LogP contribution in [0.2, 0.25) is 0 Å². The Kier molecular flexibility index (Phi) is 3.37. The van der Waals surface area contributed by atoms with Crippen LogP contribution in [-0.4, -0.2) is 18.3 Å². The van der Waals surface area contributed by atoms with Crippen molar-refractivity contribution in [3.8, 4) is 0 Å². The number of amides is 1. The van der Waals surface area contributed by atoms with E-state index < -0.39 is 0 Å². The highest BCUT2D eigenvalue weighted by atomic mass is 35.5. The number of alkyl halides is 1. The molecule has 0 aromatic carbocycles. The van der Waals surface area contributed by atoms with Crippen molar-refractivity contribution in [1.82, 2.24) is 5.32 Å². The smallest absolute Gasteiger partial charge is 0.224 e. The van der Waals surface area contributed by atoms with Crippen LogP contribution in [0, 0.1) is 22.2 Å². The van der Waals surface area contributed by atoms with Crippen LogP contribution in [0.15, 0.2) is 0 Å². The molecule has 0 atom stereocenters. The summed E-state index contributed by atoms with van der Waals surface area (Å²) in [4.78, 5) is 12.0. The number of carbonyl (C=O) groups is 1. The minimum absolute atomic E-state index is 0.0274. The van der Waals surface area contributed by atoms with Crippen molar-refractivity contribution >= 4 is 17.5 Å². The molecule has 1 amide bonds. The van der Waals surface area contributed by atoms with E-state index in [1.54, 1.807) is 0 Å². The Morgan fingerprint density at radius 3 is 2.00 bits per heavy atom. The normalized spacial score (nSPS) is 22.9. The van der Waals surface area contributed by atoms with Crippen LogP contribution < -0.4 is 5.32 Å². The first kappa shape index (κ1) is 13.8. The van der Waals surface area contributed by atoms with Crippen molar-refractivity contribution in [2.45, 2.75) is 41.5 Å². The molecule has 1 fully saturated rings. The zero-order chi connectivity index (χ0) is 12.8. The third kappa shape index (κ3) is 2.22. The highest BCUT2D eigenvalue weighted by molar-refractivity contribution is 6.18. The van der Waals surface area contributed by atoms with Gasteiger partial charge in [0.1, 0.15) is 0 Å². The maximum absolute atomic E-state index is 12.0. The second kappa shape index (κ2) is 3.90. The lowest BCUT2D eigenvalue weighted by molar-refractivity contribution is -0.123. The molecule has 1 aliphatic rings. The van der Waals surface area contributed by atoms with E-state index >= 15 is 0 Å². The van der Waals surface area contributed by atoms with Gasteiger partial charge in [-0.2, -0.15) is 0 Å². The van der Waals surface area contributed by atoms with E-state index in [1.807, 2.05) is 0 Å². The van der Waals surface area contributed by atoms with Crippen molar-refractivity contribution in [3.63, 3.8) is 0 Å². The highest BCUT2D eigenvalue weighted by Crippen LogP contribution is 2.68. The molecular weight excluding hydrogens is 222 g/mol. The van der Waals surface area contributed by atoms with Crippen LogP contribution in [0.3, 0.4) is 0 Å². The third-order valence-corrected chi connectivity index (χ3v) is 5.11. The van der Waals surface area contributed by atoms with Crippen LogP contribution in [0.5, 0.6) is 0 Å². The van der Waals surface area contributed by atoms with E-state index in [0.29, 0.717) is 12.4 Å². The summed E-state index contributed by atoms with van der Waals surface area (Å²) in [6, 6.07) is 0. The van der Waals surface area contributed by atoms with Crippen LogP contribution in [0.4, 0.5) is 0 Å². The Morgan fingerprint density at radius 1 is 1.25 bits per heavy atom. The van der Waals surface area contributed by atoms with Crippen molar-refractivity contribution in [1.29, 1.82) is 0 Å². The van der Waals surface area contributed by atoms with Gasteiger partial charge in [-0.05, 0) is 16.2 Å². The van der Waals surface area contributed by atoms with Crippen LogP contribution >= 0.6 is 11.6 Å². The number of rotatable bonds is 4. The number of carbonyl (C=O) groups excluding carboxylic acids is 1. The molecule has 0 saturated heterocycles. The van der Waals surface area contributed by atoms with Crippen molar-refractivity contribution in [2.75, 3.05) is 12.4 Å². The molecule has 0 unspecified atom stereocenters. The molecule has 1 saturated carbocycles. The summed E-state index contributed by atoms with van der Waals surface area (Å²) >= 11 is 5.83. The molecule has 94 valence electrons. The fraction of sp³-hybridized carbons (Fsp3) is 0.923. The lowest BCUT2D eigenvalue weighted by Crippen LogP contribution is -2.36. The summed E-state index contributed by atoms with van der Waals surface area (Å²) in [5.74, 6) is 0.865. The molecule has 0 aromatic rings. The molecule has 0 heterocycles. The molecular formula is C13H24ClNO. The number of halogens is 1. The van der Waals surface area contributed by atoms with E-state index in [4.69, 9.17) is 11.6 Å². The molecule has 16 heavy (non-hydrogen) atoms. The van der Waals surface area contributed by atoms with Crippen molar-refractivity contribution < 1.29 is 4.79 Å². The van der Waals surface area contributed by atoms with E-state index in [-0.39, 0.29) is 28.1 Å². The first-order chi connectivity index (χ1) is 7.06. The molecule has 1 rings (SSSR count). The van der Waals surface area contributed by atoms with Gasteiger partial charge in [0.2, 0.25) is 5.91 Å². The molecule has 2 nitrogen and oxygen atoms in total. The summed E-state index contributed by atoms with van der Waals surface area (Å²) in [5.41, 5.74) is 0.199. The highest BCUT2D eigenvalue weighted by Gasteiger charge is 2.68. The predicted molar refractivity (Wildman–Crippen MR) is 68.6 cm³/mol. The largest absolute Gasteiger partial charge is 0.355 e. The van der Waals surface area contributed by atoms with Gasteiger partial charge in [-0.25, -0.2) is 0 Å². The van der Waals surface area contributed by atoms with Gasteiger partial charge in [-0.1, -0.05) is 41.5 Å². The fourth-order valence-electron chi connectivity index (χ4n) is 2.33. The molecule has 3 heteroatoms. The quantitative estimate of drug-likeness (QED) is 0.758. The zero-order valence-corrected chi connectivity index (χ0v) is 12.0. The van der Waals surface area contributed by atoms with Gasteiger partial charge in [-0.3, -0.25) is 4.79 Å². The van der Waals surface area contributed by atoms with Gasteiger partial charge in [0.05, 0.1) is 0 Å². The standard InChI is InChI=1S/C13H24ClNO/c1-11(2,7-14)8-15-10(16)9-12(3,4)13(9,5)6/h9H,7-8H2,1-6H3,(H,15,16). The summed E-state index contributed by atoms with van der Waals surface area (Å²) in [6.45, 7) is 13.4. The number of hydrogen-bond donors (Lipinski definition) is 1. The lowest BCUT2D eigenvalue weighted by Gasteiger charge is -2.22. The molecule has 1 N–H and O–H groups in total. The minimum atomic E-state index is -0.0274. The first-order valence-electron chi connectivity index (χ1n) is 5.90. The van der Waals surface area contributed by atoms with E-state index in [1.165, 1.54) is 0 Å². The monoisotopic (exact) mass is 245 g/mol. The molecule has 0 radical (unpaired) electrons. The Hall–Kier alpha value is -0.240. The zero-order valence-electron chi connectivity index (χ0n) is 11.3. The maximum atomic E-state index is 12.0. The van der Waals surface area contributed by atoms with Gasteiger partial charge in [-0.15, -0.1) is 11.6 Å². The second-order valence-corrected chi connectivity index (χ2v) is 7.16. The van der Waals surface area contributed by atoms with Crippen molar-refractivity contribution in [2.24, 2.45) is 22.2 Å². The Bertz CT molecular complexity index is 280. The molecule has 0 aliphatic heterocycles. The Morgan fingerprint density at radius 2 is 1.69 bits per heavy atom. The molecule has 0 spiro atoms. The van der Waals surface area contributed by atoms with Gasteiger partial charge in [0.25, 0.3) is 0 Å². The van der Waals surface area contributed by atoms with E-state index in [2.05, 4.69) is 46.9 Å². The maximum Gasteiger partial charge on any atom is 0.224 e. The lowest BCUT2D eigenvalue weighted by atomic mass is 9.96. The Labute approximate surface area is 104 Å². The third-order valence-electron chi connectivity index (χ3n) is 4.39. The van der Waals surface area contributed by atoms with E-state index in [0.717, 1.165) is 0 Å². The minimum Gasteiger partial charge on any atom is -0.355 e. The van der Waals surface area contributed by atoms with Gasteiger partial charge in [0, 0.05) is 18.3 Å². The Balaban J connectivity index is 2.51. The predicted octanol–water partition coefficient (Wildman–Crippen LogP) is 3.05. The van der Waals surface area contributed by atoms with Gasteiger partial charge >= 0.3 is 0 Å². The SMILES string of the molecule is CC(C)(CCl)CNC(=O)C1C(C)(C)C1(C)C. The van der Waals surface area contributed by atoms with E-state index in [9.17, 15) is 4.79 Å². The van der Waals surface area contributed by atoms with Crippen LogP contribution in [0.1, 0.15) is 41.5 Å². The number of nitrogens with one attached hydrogen (secondary N) is 1. The van der Waals surface area contributed by atoms with Gasteiger partial charge < -0.3 is 5.32 Å². The summed E-state index contributed by atoms with van der Waals surface area (Å²) in [6.07, 6.45) is 0. The average Bonchev–Trinajstić information content (AvgIpc) is 2.54. The molecule has 0 aromatic heterocycles.